The van der Waals surface area contributed by atoms with Crippen molar-refractivity contribution in [3.63, 3.8) is 0 Å². The number of para-hydroxylation sites is 2. The molecule has 2 aromatic carbocycles. The molecule has 0 atom stereocenters. The number of carbonyl (C=O) groups is 1. The van der Waals surface area contributed by atoms with Crippen LogP contribution in [0.5, 0.6) is 5.75 Å². The van der Waals surface area contributed by atoms with Crippen LogP contribution in [0.3, 0.4) is 0 Å². The third kappa shape index (κ3) is 3.20. The number of fused-ring (bicyclic) bond motifs is 1. The van der Waals surface area contributed by atoms with Crippen LogP contribution in [0.15, 0.2) is 59.7 Å². The van der Waals surface area contributed by atoms with Gasteiger partial charge >= 0.3 is 0 Å². The monoisotopic (exact) mass is 322 g/mol. The zero-order chi connectivity index (χ0) is 16.9. The minimum Gasteiger partial charge on any atom is -0.491 e. The Labute approximate surface area is 139 Å². The molecule has 0 saturated carbocycles. The largest absolute Gasteiger partial charge is 0.491 e. The summed E-state index contributed by atoms with van der Waals surface area (Å²) in [5, 5.41) is 0.585. The number of nitrogens with zero attached hydrogens (tertiary/aromatic N) is 2. The van der Waals surface area contributed by atoms with Crippen LogP contribution < -0.4 is 10.3 Å². The van der Waals surface area contributed by atoms with Gasteiger partial charge in [0.05, 0.1) is 29.3 Å². The summed E-state index contributed by atoms with van der Waals surface area (Å²) in [5.74, 6) is 0.585. The smallest absolute Gasteiger partial charge is 0.261 e. The molecule has 3 rings (SSSR count). The van der Waals surface area contributed by atoms with Crippen LogP contribution >= 0.6 is 0 Å². The number of aromatic nitrogens is 2. The first kappa shape index (κ1) is 15.9. The van der Waals surface area contributed by atoms with Crippen LogP contribution in [0.2, 0.25) is 0 Å². The Morgan fingerprint density at radius 3 is 2.71 bits per heavy atom. The van der Waals surface area contributed by atoms with Crippen molar-refractivity contribution >= 4 is 16.7 Å². The molecule has 5 heteroatoms. The SMILES string of the molecule is CCC(=O)c1ccccc1OCCn1cnc2ccccc2c1=O. The molecule has 24 heavy (non-hydrogen) atoms. The van der Waals surface area contributed by atoms with E-state index >= 15 is 0 Å². The second-order valence-electron chi connectivity index (χ2n) is 5.38. The van der Waals surface area contributed by atoms with Gasteiger partial charge in [0.15, 0.2) is 5.78 Å². The molecular formula is C19H18N2O3. The molecule has 0 bridgehead atoms. The van der Waals surface area contributed by atoms with Gasteiger partial charge in [-0.3, -0.25) is 14.2 Å². The van der Waals surface area contributed by atoms with Crippen LogP contribution in [0.25, 0.3) is 10.9 Å². The number of hydrogen-bond acceptors (Lipinski definition) is 4. The van der Waals surface area contributed by atoms with E-state index in [1.54, 1.807) is 18.2 Å². The van der Waals surface area contributed by atoms with Gasteiger partial charge in [-0.15, -0.1) is 0 Å². The lowest BCUT2D eigenvalue weighted by molar-refractivity contribution is 0.0984. The molecule has 0 radical (unpaired) electrons. The predicted octanol–water partition coefficient (Wildman–Crippen LogP) is 3.07. The van der Waals surface area contributed by atoms with Crippen molar-refractivity contribution in [2.24, 2.45) is 0 Å². The topological polar surface area (TPSA) is 61.2 Å². The lowest BCUT2D eigenvalue weighted by atomic mass is 10.1. The number of ether oxygens (including phenoxy) is 1. The van der Waals surface area contributed by atoms with Crippen LogP contribution in [0, 0.1) is 0 Å². The number of ketones is 1. The maximum Gasteiger partial charge on any atom is 0.261 e. The average molecular weight is 322 g/mol. The Kier molecular flexibility index (Phi) is 4.70. The van der Waals surface area contributed by atoms with E-state index in [4.69, 9.17) is 4.74 Å². The molecule has 0 saturated heterocycles. The van der Waals surface area contributed by atoms with Gasteiger partial charge < -0.3 is 4.74 Å². The summed E-state index contributed by atoms with van der Waals surface area (Å²) in [5.41, 5.74) is 1.16. The molecule has 0 amide bonds. The van der Waals surface area contributed by atoms with E-state index in [-0.39, 0.29) is 17.9 Å². The Balaban J connectivity index is 1.75. The maximum atomic E-state index is 12.4. The Hall–Kier alpha value is -2.95. The first-order valence-corrected chi connectivity index (χ1v) is 7.90. The van der Waals surface area contributed by atoms with Crippen LogP contribution in [-0.4, -0.2) is 21.9 Å². The molecule has 0 aliphatic carbocycles. The van der Waals surface area contributed by atoms with Crippen molar-refractivity contribution in [2.45, 2.75) is 19.9 Å². The summed E-state index contributed by atoms with van der Waals surface area (Å²) in [7, 11) is 0. The molecule has 0 spiro atoms. The minimum absolute atomic E-state index is 0.0372. The highest BCUT2D eigenvalue weighted by atomic mass is 16.5. The first-order valence-electron chi connectivity index (χ1n) is 7.90. The molecule has 5 nitrogen and oxygen atoms in total. The molecule has 0 unspecified atom stereocenters. The number of rotatable bonds is 6. The van der Waals surface area contributed by atoms with E-state index in [0.29, 0.717) is 35.2 Å². The van der Waals surface area contributed by atoms with E-state index < -0.39 is 0 Å². The van der Waals surface area contributed by atoms with E-state index in [1.807, 2.05) is 37.3 Å². The van der Waals surface area contributed by atoms with Gasteiger partial charge in [0.25, 0.3) is 5.56 Å². The standard InChI is InChI=1S/C19H18N2O3/c1-2-17(22)15-8-4-6-10-18(15)24-12-11-21-13-20-16-9-5-3-7-14(16)19(21)23/h3-10,13H,2,11-12H2,1H3. The van der Waals surface area contributed by atoms with Gasteiger partial charge in [-0.2, -0.15) is 0 Å². The second kappa shape index (κ2) is 7.08. The molecule has 3 aromatic rings. The highest BCUT2D eigenvalue weighted by Gasteiger charge is 2.10. The quantitative estimate of drug-likeness (QED) is 0.654. The summed E-state index contributed by atoms with van der Waals surface area (Å²) >= 11 is 0. The van der Waals surface area contributed by atoms with E-state index in [2.05, 4.69) is 4.98 Å². The van der Waals surface area contributed by atoms with Gasteiger partial charge in [0.2, 0.25) is 0 Å². The zero-order valence-electron chi connectivity index (χ0n) is 13.4. The minimum atomic E-state index is -0.0953. The zero-order valence-corrected chi connectivity index (χ0v) is 13.4. The molecule has 122 valence electrons. The molecule has 0 aliphatic heterocycles. The van der Waals surface area contributed by atoms with Crippen molar-refractivity contribution in [3.8, 4) is 5.75 Å². The van der Waals surface area contributed by atoms with Gasteiger partial charge in [-0.25, -0.2) is 4.98 Å². The normalized spacial score (nSPS) is 10.7. The highest BCUT2D eigenvalue weighted by molar-refractivity contribution is 5.98. The first-order chi connectivity index (χ1) is 11.7. The second-order valence-corrected chi connectivity index (χ2v) is 5.38. The summed E-state index contributed by atoms with van der Waals surface area (Å²) in [4.78, 5) is 28.6. The van der Waals surface area contributed by atoms with Gasteiger partial charge in [-0.05, 0) is 24.3 Å². The van der Waals surface area contributed by atoms with Gasteiger partial charge in [0, 0.05) is 6.42 Å². The Morgan fingerprint density at radius 2 is 1.88 bits per heavy atom. The number of benzene rings is 2. The summed E-state index contributed by atoms with van der Waals surface area (Å²) < 4.78 is 7.24. The Bertz CT molecular complexity index is 931. The summed E-state index contributed by atoms with van der Waals surface area (Å²) in [6.07, 6.45) is 1.95. The number of hydrogen-bond donors (Lipinski definition) is 0. The Morgan fingerprint density at radius 1 is 1.12 bits per heavy atom. The highest BCUT2D eigenvalue weighted by Crippen LogP contribution is 2.19. The molecule has 1 heterocycles. The molecular weight excluding hydrogens is 304 g/mol. The predicted molar refractivity (Wildman–Crippen MR) is 92.6 cm³/mol. The molecule has 1 aromatic heterocycles. The van der Waals surface area contributed by atoms with Crippen molar-refractivity contribution in [1.29, 1.82) is 0 Å². The molecule has 0 fully saturated rings. The van der Waals surface area contributed by atoms with Crippen LogP contribution in [-0.2, 0) is 6.54 Å². The van der Waals surface area contributed by atoms with Gasteiger partial charge in [0.1, 0.15) is 12.4 Å². The lowest BCUT2D eigenvalue weighted by Gasteiger charge is -2.11. The van der Waals surface area contributed by atoms with E-state index in [9.17, 15) is 9.59 Å². The fourth-order valence-corrected chi connectivity index (χ4v) is 2.53. The third-order valence-electron chi connectivity index (χ3n) is 3.83. The fourth-order valence-electron chi connectivity index (χ4n) is 2.53. The summed E-state index contributed by atoms with van der Waals surface area (Å²) in [6.45, 7) is 2.47. The van der Waals surface area contributed by atoms with Gasteiger partial charge in [-0.1, -0.05) is 31.2 Å². The number of carbonyl (C=O) groups excluding carboxylic acids is 1. The van der Waals surface area contributed by atoms with E-state index in [1.165, 1.54) is 10.9 Å². The molecule has 0 aliphatic rings. The van der Waals surface area contributed by atoms with Crippen molar-refractivity contribution in [3.05, 3.63) is 70.8 Å². The van der Waals surface area contributed by atoms with Crippen molar-refractivity contribution in [1.82, 2.24) is 9.55 Å². The fraction of sp³-hybridized carbons (Fsp3) is 0.211. The van der Waals surface area contributed by atoms with Crippen molar-refractivity contribution < 1.29 is 9.53 Å². The number of Topliss-reactive ketones (excluding diaryl/α,β-unsaturated/α-hetero) is 1. The summed E-state index contributed by atoms with van der Waals surface area (Å²) in [6, 6.07) is 14.4. The van der Waals surface area contributed by atoms with Crippen molar-refractivity contribution in [2.75, 3.05) is 6.61 Å². The third-order valence-corrected chi connectivity index (χ3v) is 3.83. The average Bonchev–Trinajstić information content (AvgIpc) is 2.63. The molecule has 0 N–H and O–H groups in total. The van der Waals surface area contributed by atoms with Crippen LogP contribution in [0.4, 0.5) is 0 Å². The maximum absolute atomic E-state index is 12.4. The lowest BCUT2D eigenvalue weighted by Crippen LogP contribution is -2.23. The van der Waals surface area contributed by atoms with E-state index in [0.717, 1.165) is 0 Å². The van der Waals surface area contributed by atoms with Crippen LogP contribution in [0.1, 0.15) is 23.7 Å².